The van der Waals surface area contributed by atoms with Gasteiger partial charge in [0.25, 0.3) is 5.91 Å². The monoisotopic (exact) mass is 223 g/mol. The standard InChI is InChI=1S/C10H13NO.2C2H6/c1-3-8-6-4-5-7-9(8)10(12)11-2;2*1-2/h4-7H,3H2,1-2H3,(H,11,12);2*1-2H3. The molecule has 0 unspecified atom stereocenters. The molecule has 92 valence electrons. The van der Waals surface area contributed by atoms with E-state index in [2.05, 4.69) is 5.32 Å². The molecule has 1 aromatic carbocycles. The lowest BCUT2D eigenvalue weighted by Crippen LogP contribution is -2.19. The summed E-state index contributed by atoms with van der Waals surface area (Å²) < 4.78 is 0. The summed E-state index contributed by atoms with van der Waals surface area (Å²) in [5.41, 5.74) is 1.87. The second-order valence-corrected chi connectivity index (χ2v) is 2.59. The molecule has 0 fully saturated rings. The van der Waals surface area contributed by atoms with Crippen molar-refractivity contribution in [3.8, 4) is 0 Å². The van der Waals surface area contributed by atoms with Gasteiger partial charge in [-0.05, 0) is 18.1 Å². The Labute approximate surface area is 100 Å². The lowest BCUT2D eigenvalue weighted by molar-refractivity contribution is 0.0962. The van der Waals surface area contributed by atoms with Crippen molar-refractivity contribution in [1.29, 1.82) is 0 Å². The molecule has 1 amide bonds. The van der Waals surface area contributed by atoms with E-state index < -0.39 is 0 Å². The molecule has 0 aromatic heterocycles. The number of amides is 1. The van der Waals surface area contributed by atoms with E-state index in [9.17, 15) is 4.79 Å². The molecule has 0 spiro atoms. The first kappa shape index (κ1) is 17.1. The maximum absolute atomic E-state index is 11.3. The number of carbonyl (C=O) groups is 1. The van der Waals surface area contributed by atoms with Crippen LogP contribution in [0.2, 0.25) is 0 Å². The van der Waals surface area contributed by atoms with Crippen LogP contribution in [0.1, 0.15) is 50.5 Å². The molecule has 0 radical (unpaired) electrons. The number of nitrogens with one attached hydrogen (secondary N) is 1. The molecule has 0 atom stereocenters. The van der Waals surface area contributed by atoms with Crippen LogP contribution in [0.15, 0.2) is 24.3 Å². The molecule has 0 bridgehead atoms. The van der Waals surface area contributed by atoms with Crippen LogP contribution >= 0.6 is 0 Å². The maximum atomic E-state index is 11.3. The number of carbonyl (C=O) groups excluding carboxylic acids is 1. The lowest BCUT2D eigenvalue weighted by atomic mass is 10.1. The SMILES string of the molecule is CC.CC.CCc1ccccc1C(=O)NC. The second kappa shape index (κ2) is 11.8. The van der Waals surface area contributed by atoms with Gasteiger partial charge in [-0.25, -0.2) is 0 Å². The van der Waals surface area contributed by atoms with Crippen LogP contribution in [0.4, 0.5) is 0 Å². The fourth-order valence-corrected chi connectivity index (χ4v) is 1.18. The molecule has 1 rings (SSSR count). The van der Waals surface area contributed by atoms with Crippen LogP contribution in [0.3, 0.4) is 0 Å². The summed E-state index contributed by atoms with van der Waals surface area (Å²) in [6.45, 7) is 10.0. The molecule has 2 nitrogen and oxygen atoms in total. The summed E-state index contributed by atoms with van der Waals surface area (Å²) in [5.74, 6) is -0.00699. The number of hydrogen-bond acceptors (Lipinski definition) is 1. The van der Waals surface area contributed by atoms with Gasteiger partial charge in [-0.3, -0.25) is 4.79 Å². The summed E-state index contributed by atoms with van der Waals surface area (Å²) in [4.78, 5) is 11.3. The lowest BCUT2D eigenvalue weighted by Gasteiger charge is -2.04. The van der Waals surface area contributed by atoms with Crippen molar-refractivity contribution in [2.45, 2.75) is 41.0 Å². The molecule has 0 saturated carbocycles. The van der Waals surface area contributed by atoms with E-state index >= 15 is 0 Å². The quantitative estimate of drug-likeness (QED) is 0.814. The highest BCUT2D eigenvalue weighted by Gasteiger charge is 2.05. The minimum atomic E-state index is -0.00699. The maximum Gasteiger partial charge on any atom is 0.251 e. The van der Waals surface area contributed by atoms with Crippen LogP contribution in [0, 0.1) is 0 Å². The van der Waals surface area contributed by atoms with Gasteiger partial charge in [-0.15, -0.1) is 0 Å². The molecule has 16 heavy (non-hydrogen) atoms. The third kappa shape index (κ3) is 5.54. The van der Waals surface area contributed by atoms with E-state index in [4.69, 9.17) is 0 Å². The first-order chi connectivity index (χ1) is 7.79. The predicted octanol–water partition coefficient (Wildman–Crippen LogP) is 3.66. The van der Waals surface area contributed by atoms with Crippen molar-refractivity contribution in [3.05, 3.63) is 35.4 Å². The van der Waals surface area contributed by atoms with Crippen molar-refractivity contribution in [3.63, 3.8) is 0 Å². The van der Waals surface area contributed by atoms with Gasteiger partial charge in [-0.2, -0.15) is 0 Å². The van der Waals surface area contributed by atoms with Crippen molar-refractivity contribution >= 4 is 5.91 Å². The fourth-order valence-electron chi connectivity index (χ4n) is 1.18. The van der Waals surface area contributed by atoms with Crippen molar-refractivity contribution in [2.75, 3.05) is 7.05 Å². The zero-order valence-corrected chi connectivity index (χ0v) is 11.4. The highest BCUT2D eigenvalue weighted by molar-refractivity contribution is 5.95. The molecule has 0 aliphatic heterocycles. The Kier molecular flexibility index (Phi) is 12.6. The Balaban J connectivity index is 0. The largest absolute Gasteiger partial charge is 0.355 e. The van der Waals surface area contributed by atoms with E-state index in [1.54, 1.807) is 7.05 Å². The van der Waals surface area contributed by atoms with Gasteiger partial charge in [0.2, 0.25) is 0 Å². The predicted molar refractivity (Wildman–Crippen MR) is 71.9 cm³/mol. The molecule has 1 N–H and O–H groups in total. The summed E-state index contributed by atoms with van der Waals surface area (Å²) in [6, 6.07) is 7.65. The zero-order chi connectivity index (χ0) is 13.0. The second-order valence-electron chi connectivity index (χ2n) is 2.59. The minimum Gasteiger partial charge on any atom is -0.355 e. The molecule has 0 aliphatic carbocycles. The molecular weight excluding hydrogens is 198 g/mol. The Morgan fingerprint density at radius 3 is 2.06 bits per heavy atom. The average molecular weight is 223 g/mol. The number of benzene rings is 1. The van der Waals surface area contributed by atoms with E-state index in [0.717, 1.165) is 17.5 Å². The molecular formula is C14H25NO. The third-order valence-corrected chi connectivity index (χ3v) is 1.87. The van der Waals surface area contributed by atoms with Gasteiger partial charge < -0.3 is 5.32 Å². The number of rotatable bonds is 2. The van der Waals surface area contributed by atoms with E-state index in [0.29, 0.717) is 0 Å². The third-order valence-electron chi connectivity index (χ3n) is 1.87. The van der Waals surface area contributed by atoms with Gasteiger partial charge in [0.1, 0.15) is 0 Å². The zero-order valence-electron chi connectivity index (χ0n) is 11.4. The normalized spacial score (nSPS) is 7.88. The number of hydrogen-bond donors (Lipinski definition) is 1. The van der Waals surface area contributed by atoms with Crippen LogP contribution in [0.5, 0.6) is 0 Å². The Morgan fingerprint density at radius 1 is 1.12 bits per heavy atom. The molecule has 0 aliphatic rings. The summed E-state index contributed by atoms with van der Waals surface area (Å²) in [6.07, 6.45) is 0.892. The van der Waals surface area contributed by atoms with Crippen molar-refractivity contribution < 1.29 is 4.79 Å². The Morgan fingerprint density at radius 2 is 1.62 bits per heavy atom. The Hall–Kier alpha value is -1.31. The Bertz CT molecular complexity index is 282. The fraction of sp³-hybridized carbons (Fsp3) is 0.500. The number of aryl methyl sites for hydroxylation is 1. The van der Waals surface area contributed by atoms with E-state index in [1.807, 2.05) is 58.9 Å². The smallest absolute Gasteiger partial charge is 0.251 e. The van der Waals surface area contributed by atoms with Gasteiger partial charge in [0.05, 0.1) is 0 Å². The minimum absolute atomic E-state index is 0.00699. The van der Waals surface area contributed by atoms with Crippen molar-refractivity contribution in [2.24, 2.45) is 0 Å². The van der Waals surface area contributed by atoms with Gasteiger partial charge >= 0.3 is 0 Å². The molecule has 0 heterocycles. The first-order valence-electron chi connectivity index (χ1n) is 6.09. The van der Waals surface area contributed by atoms with Crippen molar-refractivity contribution in [1.82, 2.24) is 5.32 Å². The van der Waals surface area contributed by atoms with E-state index in [1.165, 1.54) is 0 Å². The van der Waals surface area contributed by atoms with Crippen LogP contribution < -0.4 is 5.32 Å². The van der Waals surface area contributed by atoms with Gasteiger partial charge in [0.15, 0.2) is 0 Å². The summed E-state index contributed by atoms with van der Waals surface area (Å²) in [7, 11) is 1.65. The summed E-state index contributed by atoms with van der Waals surface area (Å²) in [5, 5.41) is 2.62. The average Bonchev–Trinajstić information content (AvgIpc) is 2.42. The highest BCUT2D eigenvalue weighted by Crippen LogP contribution is 2.08. The molecule has 1 aromatic rings. The van der Waals surface area contributed by atoms with Crippen LogP contribution in [0.25, 0.3) is 0 Å². The molecule has 2 heteroatoms. The van der Waals surface area contributed by atoms with E-state index in [-0.39, 0.29) is 5.91 Å². The van der Waals surface area contributed by atoms with Crippen LogP contribution in [-0.2, 0) is 6.42 Å². The van der Waals surface area contributed by atoms with Crippen LogP contribution in [-0.4, -0.2) is 13.0 Å². The highest BCUT2D eigenvalue weighted by atomic mass is 16.1. The first-order valence-corrected chi connectivity index (χ1v) is 6.09. The van der Waals surface area contributed by atoms with Gasteiger partial charge in [0, 0.05) is 12.6 Å². The topological polar surface area (TPSA) is 29.1 Å². The molecule has 0 saturated heterocycles. The van der Waals surface area contributed by atoms with Gasteiger partial charge in [-0.1, -0.05) is 52.8 Å². The summed E-state index contributed by atoms with van der Waals surface area (Å²) >= 11 is 0.